The molecule has 7 heteroatoms. The first-order valence-electron chi connectivity index (χ1n) is 10.8. The van der Waals surface area contributed by atoms with E-state index in [1.807, 2.05) is 0 Å². The molecule has 0 radical (unpaired) electrons. The van der Waals surface area contributed by atoms with Gasteiger partial charge in [-0.3, -0.25) is 4.99 Å². The minimum atomic E-state index is 0. The minimum Gasteiger partial charge on any atom is -0.379 e. The molecule has 0 atom stereocenters. The lowest BCUT2D eigenvalue weighted by molar-refractivity contribution is 0.0487. The fourth-order valence-corrected chi connectivity index (χ4v) is 3.00. The highest BCUT2D eigenvalue weighted by molar-refractivity contribution is 14.0. The number of hydrogen-bond acceptors (Lipinski definition) is 4. The largest absolute Gasteiger partial charge is 0.379 e. The highest BCUT2D eigenvalue weighted by atomic mass is 127. The van der Waals surface area contributed by atoms with Crippen LogP contribution in [-0.4, -0.2) is 76.6 Å². The first-order chi connectivity index (χ1) is 12.9. The van der Waals surface area contributed by atoms with Crippen LogP contribution in [0.1, 0.15) is 58.8 Å². The summed E-state index contributed by atoms with van der Waals surface area (Å²) in [7, 11) is 0. The van der Waals surface area contributed by atoms with Crippen molar-refractivity contribution in [1.29, 1.82) is 0 Å². The quantitative estimate of drug-likeness (QED) is 0.167. The van der Waals surface area contributed by atoms with Gasteiger partial charge in [-0.05, 0) is 52.2 Å². The number of likely N-dealkylation sites (tertiary alicyclic amines) is 1. The highest BCUT2D eigenvalue weighted by Crippen LogP contribution is 2.09. The lowest BCUT2D eigenvalue weighted by Gasteiger charge is -2.19. The van der Waals surface area contributed by atoms with Gasteiger partial charge >= 0.3 is 0 Å². The molecule has 0 spiro atoms. The summed E-state index contributed by atoms with van der Waals surface area (Å²) in [6.45, 7) is 13.4. The number of unbranched alkanes of at least 4 members (excludes halogenated alkanes) is 1. The van der Waals surface area contributed by atoms with Crippen LogP contribution in [-0.2, 0) is 9.47 Å². The first-order valence-corrected chi connectivity index (χ1v) is 10.8. The molecule has 0 saturated carbocycles. The van der Waals surface area contributed by atoms with Gasteiger partial charge in [0.05, 0.1) is 19.8 Å². The van der Waals surface area contributed by atoms with Crippen molar-refractivity contribution in [1.82, 2.24) is 15.5 Å². The third kappa shape index (κ3) is 16.5. The zero-order chi connectivity index (χ0) is 18.7. The number of ether oxygens (including phenoxy) is 2. The van der Waals surface area contributed by atoms with Gasteiger partial charge in [-0.25, -0.2) is 0 Å². The van der Waals surface area contributed by atoms with Crippen molar-refractivity contribution in [2.45, 2.75) is 58.8 Å². The lowest BCUT2D eigenvalue weighted by Crippen LogP contribution is -2.39. The van der Waals surface area contributed by atoms with E-state index >= 15 is 0 Å². The highest BCUT2D eigenvalue weighted by Gasteiger charge is 2.07. The van der Waals surface area contributed by atoms with E-state index in [0.717, 1.165) is 45.0 Å². The third-order valence-electron chi connectivity index (χ3n) is 4.50. The molecule has 1 fully saturated rings. The molecule has 0 aromatic rings. The van der Waals surface area contributed by atoms with Crippen LogP contribution < -0.4 is 10.6 Å². The summed E-state index contributed by atoms with van der Waals surface area (Å²) in [4.78, 5) is 7.27. The van der Waals surface area contributed by atoms with Crippen molar-refractivity contribution >= 4 is 29.9 Å². The van der Waals surface area contributed by atoms with Gasteiger partial charge in [0.2, 0.25) is 0 Å². The van der Waals surface area contributed by atoms with Gasteiger partial charge in [-0.2, -0.15) is 0 Å². The molecule has 1 rings (SSSR count). The summed E-state index contributed by atoms with van der Waals surface area (Å²) in [5.41, 5.74) is 0. The first kappa shape index (κ1) is 26.9. The Balaban J connectivity index is 0.00000676. The molecule has 0 aromatic heterocycles. The Morgan fingerprint density at radius 1 is 0.889 bits per heavy atom. The monoisotopic (exact) mass is 498 g/mol. The van der Waals surface area contributed by atoms with Gasteiger partial charge in [0.25, 0.3) is 0 Å². The van der Waals surface area contributed by atoms with Crippen LogP contribution in [0, 0.1) is 0 Å². The van der Waals surface area contributed by atoms with E-state index in [1.165, 1.54) is 51.7 Å². The molecule has 6 nitrogen and oxygen atoms in total. The van der Waals surface area contributed by atoms with Gasteiger partial charge < -0.3 is 25.0 Å². The summed E-state index contributed by atoms with van der Waals surface area (Å²) in [5, 5.41) is 6.64. The van der Waals surface area contributed by atoms with Gasteiger partial charge in [-0.15, -0.1) is 24.0 Å². The zero-order valence-corrected chi connectivity index (χ0v) is 20.0. The second kappa shape index (κ2) is 20.6. The number of aliphatic imine (C=N–C) groups is 1. The fraction of sp³-hybridized carbons (Fsp3) is 0.950. The van der Waals surface area contributed by atoms with E-state index < -0.39 is 0 Å². The molecule has 0 bridgehead atoms. The molecule has 0 unspecified atom stereocenters. The number of halogens is 1. The molecule has 0 aromatic carbocycles. The van der Waals surface area contributed by atoms with Crippen molar-refractivity contribution in [3.63, 3.8) is 0 Å². The topological polar surface area (TPSA) is 58.1 Å². The molecule has 1 aliphatic heterocycles. The van der Waals surface area contributed by atoms with Crippen molar-refractivity contribution in [2.75, 3.05) is 65.7 Å². The molecule has 0 amide bonds. The number of nitrogens with zero attached hydrogens (tertiary/aromatic N) is 2. The summed E-state index contributed by atoms with van der Waals surface area (Å²) in [6, 6.07) is 0. The van der Waals surface area contributed by atoms with Gasteiger partial charge in [0.15, 0.2) is 5.96 Å². The zero-order valence-electron chi connectivity index (χ0n) is 17.6. The van der Waals surface area contributed by atoms with Crippen LogP contribution in [0.4, 0.5) is 0 Å². The average molecular weight is 498 g/mol. The normalized spacial score (nSPS) is 15.9. The number of hydrogen-bond donors (Lipinski definition) is 2. The maximum atomic E-state index is 5.58. The van der Waals surface area contributed by atoms with Crippen LogP contribution >= 0.6 is 24.0 Å². The Bertz CT molecular complexity index is 338. The third-order valence-corrected chi connectivity index (χ3v) is 4.50. The second-order valence-electron chi connectivity index (χ2n) is 6.88. The Morgan fingerprint density at radius 2 is 1.59 bits per heavy atom. The Kier molecular flexibility index (Phi) is 20.5. The van der Waals surface area contributed by atoms with Crippen LogP contribution in [0.2, 0.25) is 0 Å². The maximum absolute atomic E-state index is 5.58. The average Bonchev–Trinajstić information content (AvgIpc) is 2.92. The van der Waals surface area contributed by atoms with Crippen LogP contribution in [0.15, 0.2) is 4.99 Å². The lowest BCUT2D eigenvalue weighted by atomic mass is 10.2. The predicted octanol–water partition coefficient (Wildman–Crippen LogP) is 3.26. The Hall–Kier alpha value is -0.120. The molecule has 1 heterocycles. The molecule has 2 N–H and O–H groups in total. The SMILES string of the molecule is CCCCOCCOCCNC(=NCCCN1CCCCCC1)NCC.I. The van der Waals surface area contributed by atoms with Crippen LogP contribution in [0.3, 0.4) is 0 Å². The van der Waals surface area contributed by atoms with E-state index in [-0.39, 0.29) is 24.0 Å². The summed E-state index contributed by atoms with van der Waals surface area (Å²) < 4.78 is 11.1. The molecule has 0 aliphatic carbocycles. The van der Waals surface area contributed by atoms with Crippen molar-refractivity contribution in [3.05, 3.63) is 0 Å². The molecular weight excluding hydrogens is 455 g/mol. The molecule has 1 aliphatic rings. The molecule has 27 heavy (non-hydrogen) atoms. The number of guanidine groups is 1. The van der Waals surface area contributed by atoms with Gasteiger partial charge in [-0.1, -0.05) is 26.2 Å². The van der Waals surface area contributed by atoms with Crippen molar-refractivity contribution in [3.8, 4) is 0 Å². The smallest absolute Gasteiger partial charge is 0.191 e. The van der Waals surface area contributed by atoms with Gasteiger partial charge in [0.1, 0.15) is 0 Å². The minimum absolute atomic E-state index is 0. The van der Waals surface area contributed by atoms with Crippen molar-refractivity contribution < 1.29 is 9.47 Å². The Morgan fingerprint density at radius 3 is 2.26 bits per heavy atom. The number of nitrogens with one attached hydrogen (secondary N) is 2. The van der Waals surface area contributed by atoms with Crippen molar-refractivity contribution in [2.24, 2.45) is 4.99 Å². The van der Waals surface area contributed by atoms with E-state index in [0.29, 0.717) is 19.8 Å². The van der Waals surface area contributed by atoms with E-state index in [1.54, 1.807) is 0 Å². The standard InChI is InChI=1S/C20H42N4O2.HI/c1-3-5-16-25-18-19-26-17-12-23-20(21-4-2)22-11-10-15-24-13-8-6-7-9-14-24;/h3-19H2,1-2H3,(H2,21,22,23);1H. The molecule has 162 valence electrons. The molecular formula is C20H43IN4O2. The van der Waals surface area contributed by atoms with Gasteiger partial charge in [0, 0.05) is 26.2 Å². The summed E-state index contributed by atoms with van der Waals surface area (Å²) >= 11 is 0. The van der Waals surface area contributed by atoms with Crippen LogP contribution in [0.25, 0.3) is 0 Å². The molecule has 1 saturated heterocycles. The van der Waals surface area contributed by atoms with E-state index in [9.17, 15) is 0 Å². The second-order valence-corrected chi connectivity index (χ2v) is 6.88. The van der Waals surface area contributed by atoms with E-state index in [4.69, 9.17) is 9.47 Å². The summed E-state index contributed by atoms with van der Waals surface area (Å²) in [5.74, 6) is 0.895. The number of rotatable bonds is 14. The predicted molar refractivity (Wildman–Crippen MR) is 125 cm³/mol. The maximum Gasteiger partial charge on any atom is 0.191 e. The van der Waals surface area contributed by atoms with E-state index in [2.05, 4.69) is 34.4 Å². The van der Waals surface area contributed by atoms with Crippen LogP contribution in [0.5, 0.6) is 0 Å². The fourth-order valence-electron chi connectivity index (χ4n) is 3.00. The summed E-state index contributed by atoms with van der Waals surface area (Å²) in [6.07, 6.45) is 8.94. The Labute approximate surface area is 184 Å².